The van der Waals surface area contributed by atoms with E-state index < -0.39 is 23.8 Å². The maximum absolute atomic E-state index is 13.3. The van der Waals surface area contributed by atoms with Gasteiger partial charge in [0.05, 0.1) is 11.8 Å². The zero-order valence-corrected chi connectivity index (χ0v) is 11.6. The summed E-state index contributed by atoms with van der Waals surface area (Å²) in [7, 11) is 0. The van der Waals surface area contributed by atoms with Crippen LogP contribution in [0.5, 0.6) is 0 Å². The van der Waals surface area contributed by atoms with Crippen molar-refractivity contribution >= 4 is 11.7 Å². The molecule has 6 heteroatoms. The number of benzene rings is 1. The van der Waals surface area contributed by atoms with Crippen LogP contribution in [0.4, 0.5) is 19.3 Å². The molecule has 112 valence electrons. The number of aliphatic hydroxyl groups excluding tert-OH is 1. The number of amides is 2. The number of nitrogens with one attached hydrogen (secondary N) is 2. The van der Waals surface area contributed by atoms with Gasteiger partial charge < -0.3 is 15.7 Å². The highest BCUT2D eigenvalue weighted by molar-refractivity contribution is 5.89. The van der Waals surface area contributed by atoms with Crippen LogP contribution in [-0.4, -0.2) is 23.8 Å². The Morgan fingerprint density at radius 3 is 2.50 bits per heavy atom. The van der Waals surface area contributed by atoms with Crippen LogP contribution in [0.25, 0.3) is 0 Å². The summed E-state index contributed by atoms with van der Waals surface area (Å²) in [4.78, 5) is 11.6. The third-order valence-corrected chi connectivity index (χ3v) is 3.24. The first-order chi connectivity index (χ1) is 9.47. The largest absolute Gasteiger partial charge is 0.391 e. The van der Waals surface area contributed by atoms with Crippen LogP contribution >= 0.6 is 0 Å². The fourth-order valence-electron chi connectivity index (χ4n) is 1.95. The van der Waals surface area contributed by atoms with Crippen molar-refractivity contribution in [1.82, 2.24) is 5.32 Å². The minimum absolute atomic E-state index is 0.0843. The normalized spacial score (nSPS) is 12.3. The number of aliphatic hydroxyl groups is 1. The third kappa shape index (κ3) is 4.77. The van der Waals surface area contributed by atoms with E-state index >= 15 is 0 Å². The Morgan fingerprint density at radius 1 is 1.30 bits per heavy atom. The lowest BCUT2D eigenvalue weighted by molar-refractivity contribution is 0.104. The van der Waals surface area contributed by atoms with Gasteiger partial charge in [0.2, 0.25) is 0 Å². The average molecular weight is 286 g/mol. The van der Waals surface area contributed by atoms with Crippen molar-refractivity contribution in [1.29, 1.82) is 0 Å². The van der Waals surface area contributed by atoms with E-state index in [0.29, 0.717) is 6.07 Å². The van der Waals surface area contributed by atoms with Gasteiger partial charge in [0.15, 0.2) is 0 Å². The molecule has 1 aromatic carbocycles. The van der Waals surface area contributed by atoms with E-state index in [4.69, 9.17) is 0 Å². The van der Waals surface area contributed by atoms with Gasteiger partial charge in [-0.2, -0.15) is 0 Å². The number of rotatable bonds is 6. The predicted molar refractivity (Wildman–Crippen MR) is 73.5 cm³/mol. The summed E-state index contributed by atoms with van der Waals surface area (Å²) in [6, 6.07) is 2.24. The van der Waals surface area contributed by atoms with Gasteiger partial charge in [-0.3, -0.25) is 0 Å². The van der Waals surface area contributed by atoms with Gasteiger partial charge in [-0.25, -0.2) is 13.6 Å². The number of urea groups is 1. The van der Waals surface area contributed by atoms with E-state index in [0.717, 1.165) is 25.0 Å². The molecule has 0 fully saturated rings. The molecule has 0 aliphatic rings. The summed E-state index contributed by atoms with van der Waals surface area (Å²) < 4.78 is 26.0. The van der Waals surface area contributed by atoms with Gasteiger partial charge in [-0.1, -0.05) is 26.7 Å². The highest BCUT2D eigenvalue weighted by Gasteiger charge is 2.16. The van der Waals surface area contributed by atoms with Gasteiger partial charge in [0.25, 0.3) is 0 Å². The molecule has 4 nitrogen and oxygen atoms in total. The first-order valence-corrected chi connectivity index (χ1v) is 6.65. The Kier molecular flexibility index (Phi) is 6.38. The molecule has 1 rings (SSSR count). The quantitative estimate of drug-likeness (QED) is 0.753. The fourth-order valence-corrected chi connectivity index (χ4v) is 1.95. The highest BCUT2D eigenvalue weighted by atomic mass is 19.1. The Balaban J connectivity index is 2.48. The SMILES string of the molecule is CCC(CC)C(O)CNC(=O)Nc1ccc(F)cc1F. The lowest BCUT2D eigenvalue weighted by Crippen LogP contribution is -2.38. The zero-order chi connectivity index (χ0) is 15.1. The van der Waals surface area contributed by atoms with Crippen LogP contribution < -0.4 is 10.6 Å². The lowest BCUT2D eigenvalue weighted by atomic mass is 9.97. The Bertz CT molecular complexity index is 451. The van der Waals surface area contributed by atoms with Crippen molar-refractivity contribution in [3.8, 4) is 0 Å². The number of carbonyl (C=O) groups is 1. The molecular formula is C14H20F2N2O2. The minimum atomic E-state index is -0.847. The first kappa shape index (κ1) is 16.4. The monoisotopic (exact) mass is 286 g/mol. The van der Waals surface area contributed by atoms with Crippen molar-refractivity contribution in [3.05, 3.63) is 29.8 Å². The summed E-state index contributed by atoms with van der Waals surface area (Å²) in [5.41, 5.74) is -0.110. The van der Waals surface area contributed by atoms with Crippen LogP contribution in [0, 0.1) is 17.6 Å². The highest BCUT2D eigenvalue weighted by Crippen LogP contribution is 2.15. The Labute approximate surface area is 117 Å². The fraction of sp³-hybridized carbons (Fsp3) is 0.500. The predicted octanol–water partition coefficient (Wildman–Crippen LogP) is 2.88. The molecule has 0 radical (unpaired) electrons. The van der Waals surface area contributed by atoms with Gasteiger partial charge in [-0.15, -0.1) is 0 Å². The third-order valence-electron chi connectivity index (χ3n) is 3.24. The average Bonchev–Trinajstić information content (AvgIpc) is 2.41. The summed E-state index contributed by atoms with van der Waals surface area (Å²) >= 11 is 0. The smallest absolute Gasteiger partial charge is 0.319 e. The molecule has 0 aliphatic carbocycles. The number of carbonyl (C=O) groups excluding carboxylic acids is 1. The molecule has 1 unspecified atom stereocenters. The van der Waals surface area contributed by atoms with Crippen LogP contribution in [0.1, 0.15) is 26.7 Å². The van der Waals surface area contributed by atoms with E-state index in [1.165, 1.54) is 0 Å². The molecule has 0 saturated carbocycles. The van der Waals surface area contributed by atoms with E-state index in [-0.39, 0.29) is 18.2 Å². The molecule has 0 saturated heterocycles. The maximum Gasteiger partial charge on any atom is 0.319 e. The Morgan fingerprint density at radius 2 is 1.95 bits per heavy atom. The molecule has 0 bridgehead atoms. The molecule has 1 aromatic rings. The van der Waals surface area contributed by atoms with Crippen molar-refractivity contribution < 1.29 is 18.7 Å². The van der Waals surface area contributed by atoms with Crippen molar-refractivity contribution in [2.24, 2.45) is 5.92 Å². The zero-order valence-electron chi connectivity index (χ0n) is 11.6. The molecule has 2 amide bonds. The van der Waals surface area contributed by atoms with Gasteiger partial charge >= 0.3 is 6.03 Å². The molecule has 20 heavy (non-hydrogen) atoms. The molecular weight excluding hydrogens is 266 g/mol. The van der Waals surface area contributed by atoms with E-state index in [1.807, 2.05) is 13.8 Å². The number of hydrogen-bond donors (Lipinski definition) is 3. The minimum Gasteiger partial charge on any atom is -0.391 e. The molecule has 1 atom stereocenters. The topological polar surface area (TPSA) is 61.4 Å². The molecule has 0 aromatic heterocycles. The molecule has 3 N–H and O–H groups in total. The van der Waals surface area contributed by atoms with E-state index in [2.05, 4.69) is 10.6 Å². The number of hydrogen-bond acceptors (Lipinski definition) is 2. The van der Waals surface area contributed by atoms with E-state index in [9.17, 15) is 18.7 Å². The van der Waals surface area contributed by atoms with Crippen LogP contribution in [0.2, 0.25) is 0 Å². The lowest BCUT2D eigenvalue weighted by Gasteiger charge is -2.20. The standard InChI is InChI=1S/C14H20F2N2O2/c1-3-9(4-2)13(19)8-17-14(20)18-12-6-5-10(15)7-11(12)16/h5-7,9,13,19H,3-4,8H2,1-2H3,(H2,17,18,20). The van der Waals surface area contributed by atoms with Crippen molar-refractivity contribution in [2.75, 3.05) is 11.9 Å². The van der Waals surface area contributed by atoms with E-state index in [1.54, 1.807) is 0 Å². The van der Waals surface area contributed by atoms with Gasteiger partial charge in [0, 0.05) is 12.6 Å². The molecule has 0 aliphatic heterocycles. The van der Waals surface area contributed by atoms with Crippen LogP contribution in [0.3, 0.4) is 0 Å². The molecule has 0 heterocycles. The second-order valence-corrected chi connectivity index (χ2v) is 4.60. The van der Waals surface area contributed by atoms with Crippen LogP contribution in [-0.2, 0) is 0 Å². The summed E-state index contributed by atoms with van der Waals surface area (Å²) in [6.07, 6.45) is 0.981. The summed E-state index contributed by atoms with van der Waals surface area (Å²) in [6.45, 7) is 4.01. The Hall–Kier alpha value is -1.69. The second kappa shape index (κ2) is 7.79. The van der Waals surface area contributed by atoms with Crippen molar-refractivity contribution in [2.45, 2.75) is 32.8 Å². The van der Waals surface area contributed by atoms with Gasteiger partial charge in [-0.05, 0) is 18.1 Å². The van der Waals surface area contributed by atoms with Crippen molar-refractivity contribution in [3.63, 3.8) is 0 Å². The first-order valence-electron chi connectivity index (χ1n) is 6.65. The summed E-state index contributed by atoms with van der Waals surface area (Å²) in [5, 5.41) is 14.6. The number of halogens is 2. The summed E-state index contributed by atoms with van der Waals surface area (Å²) in [5.74, 6) is -1.45. The maximum atomic E-state index is 13.3. The second-order valence-electron chi connectivity index (χ2n) is 4.60. The molecule has 0 spiro atoms. The van der Waals surface area contributed by atoms with Crippen LogP contribution in [0.15, 0.2) is 18.2 Å². The number of anilines is 1. The van der Waals surface area contributed by atoms with Gasteiger partial charge in [0.1, 0.15) is 11.6 Å².